The van der Waals surface area contributed by atoms with Crippen molar-refractivity contribution in [3.63, 3.8) is 0 Å². The number of rotatable bonds is 16. The minimum Gasteiger partial charge on any atom is -0.385 e. The first-order valence-electron chi connectivity index (χ1n) is 9.48. The summed E-state index contributed by atoms with van der Waals surface area (Å²) in [5, 5.41) is 0. The van der Waals surface area contributed by atoms with Crippen LogP contribution in [0.2, 0.25) is 0 Å². The van der Waals surface area contributed by atoms with E-state index in [2.05, 4.69) is 26.1 Å². The molecular formula is C20H42O4S. The van der Waals surface area contributed by atoms with Gasteiger partial charge in [-0.05, 0) is 19.3 Å². The van der Waals surface area contributed by atoms with E-state index in [1.54, 1.807) is 34.5 Å². The monoisotopic (exact) mass is 378 g/mol. The molecule has 25 heavy (non-hydrogen) atoms. The van der Waals surface area contributed by atoms with Gasteiger partial charge in [0.15, 0.2) is 0 Å². The average molecular weight is 379 g/mol. The Kier molecular flexibility index (Phi) is 22.0. The Balaban J connectivity index is 0. The molecule has 0 heterocycles. The number of ether oxygens (including phenoxy) is 4. The summed E-state index contributed by atoms with van der Waals surface area (Å²) in [5.74, 6) is 0.0933. The number of thiol groups is 1. The maximum Gasteiger partial charge on any atom is 0.285 e. The highest BCUT2D eigenvalue weighted by Crippen LogP contribution is 2.32. The standard InChI is InChI=1S/C17H36O4.C3H6S/c1-6-7-8-9-10-11-13-16(14-12-15-18-2)17(19-3,20-4)21-5;1-2-3-4/h16H,6-15H2,1-5H3;2,4H,1,3H2. The van der Waals surface area contributed by atoms with E-state index in [0.717, 1.165) is 31.6 Å². The molecule has 0 spiro atoms. The Morgan fingerprint density at radius 1 is 0.880 bits per heavy atom. The predicted octanol–water partition coefficient (Wildman–Crippen LogP) is 5.48. The highest BCUT2D eigenvalue weighted by Gasteiger charge is 2.39. The number of hydrogen-bond acceptors (Lipinski definition) is 5. The van der Waals surface area contributed by atoms with Crippen LogP contribution in [0.3, 0.4) is 0 Å². The molecule has 1 atom stereocenters. The third-order valence-corrected chi connectivity index (χ3v) is 4.55. The normalized spacial score (nSPS) is 12.4. The fourth-order valence-corrected chi connectivity index (χ4v) is 2.89. The van der Waals surface area contributed by atoms with Gasteiger partial charge in [-0.3, -0.25) is 0 Å². The zero-order chi connectivity index (χ0) is 19.4. The first kappa shape index (κ1) is 27.2. The molecule has 0 aliphatic rings. The lowest BCUT2D eigenvalue weighted by Gasteiger charge is -2.36. The lowest BCUT2D eigenvalue weighted by Crippen LogP contribution is -2.44. The zero-order valence-electron chi connectivity index (χ0n) is 17.2. The van der Waals surface area contributed by atoms with Gasteiger partial charge in [0.25, 0.3) is 5.97 Å². The van der Waals surface area contributed by atoms with Crippen molar-refractivity contribution in [3.8, 4) is 0 Å². The SMILES string of the molecule is C=CCS.CCCCCCCCC(CCCOC)C(OC)(OC)OC. The van der Waals surface area contributed by atoms with Crippen molar-refractivity contribution < 1.29 is 18.9 Å². The highest BCUT2D eigenvalue weighted by molar-refractivity contribution is 7.80. The van der Waals surface area contributed by atoms with Crippen LogP contribution in [0.15, 0.2) is 12.7 Å². The van der Waals surface area contributed by atoms with Crippen LogP contribution in [-0.2, 0) is 18.9 Å². The van der Waals surface area contributed by atoms with Gasteiger partial charge in [-0.15, -0.1) is 6.58 Å². The van der Waals surface area contributed by atoms with Crippen molar-refractivity contribution in [3.05, 3.63) is 12.7 Å². The molecule has 0 fully saturated rings. The van der Waals surface area contributed by atoms with Crippen LogP contribution in [0.5, 0.6) is 0 Å². The van der Waals surface area contributed by atoms with E-state index in [0.29, 0.717) is 0 Å². The van der Waals surface area contributed by atoms with Crippen molar-refractivity contribution >= 4 is 12.6 Å². The lowest BCUT2D eigenvalue weighted by atomic mass is 9.93. The molecule has 0 aromatic carbocycles. The van der Waals surface area contributed by atoms with E-state index in [1.165, 1.54) is 38.5 Å². The summed E-state index contributed by atoms with van der Waals surface area (Å²) in [6.07, 6.45) is 12.5. The molecule has 0 aromatic heterocycles. The van der Waals surface area contributed by atoms with Gasteiger partial charge in [0, 0.05) is 46.7 Å². The average Bonchev–Trinajstić information content (AvgIpc) is 2.66. The fourth-order valence-electron chi connectivity index (χ4n) is 2.89. The first-order valence-corrected chi connectivity index (χ1v) is 10.1. The van der Waals surface area contributed by atoms with Crippen molar-refractivity contribution in [2.24, 2.45) is 5.92 Å². The summed E-state index contributed by atoms with van der Waals surface area (Å²) in [5.41, 5.74) is 0. The van der Waals surface area contributed by atoms with E-state index >= 15 is 0 Å². The van der Waals surface area contributed by atoms with Crippen LogP contribution in [0.4, 0.5) is 0 Å². The summed E-state index contributed by atoms with van der Waals surface area (Å²) < 4.78 is 21.8. The van der Waals surface area contributed by atoms with Crippen LogP contribution in [0, 0.1) is 5.92 Å². The second kappa shape index (κ2) is 20.2. The molecule has 0 aromatic rings. The summed E-state index contributed by atoms with van der Waals surface area (Å²) in [6.45, 7) is 6.41. The molecular weight excluding hydrogens is 336 g/mol. The Labute approximate surface area is 162 Å². The van der Waals surface area contributed by atoms with Gasteiger partial charge >= 0.3 is 0 Å². The molecule has 4 nitrogen and oxygen atoms in total. The van der Waals surface area contributed by atoms with Crippen molar-refractivity contribution in [1.29, 1.82) is 0 Å². The minimum atomic E-state index is -0.919. The van der Waals surface area contributed by atoms with E-state index < -0.39 is 5.97 Å². The highest BCUT2D eigenvalue weighted by atomic mass is 32.1. The smallest absolute Gasteiger partial charge is 0.285 e. The lowest BCUT2D eigenvalue weighted by molar-refractivity contribution is -0.380. The molecule has 0 radical (unpaired) electrons. The molecule has 0 amide bonds. The van der Waals surface area contributed by atoms with Gasteiger partial charge in [0.1, 0.15) is 0 Å². The van der Waals surface area contributed by atoms with Gasteiger partial charge in [0.2, 0.25) is 0 Å². The molecule has 1 unspecified atom stereocenters. The molecule has 0 rings (SSSR count). The molecule has 0 aliphatic heterocycles. The molecule has 0 saturated carbocycles. The predicted molar refractivity (Wildman–Crippen MR) is 110 cm³/mol. The summed E-state index contributed by atoms with van der Waals surface area (Å²) in [4.78, 5) is 0. The Bertz CT molecular complexity index is 262. The Morgan fingerprint density at radius 3 is 1.80 bits per heavy atom. The van der Waals surface area contributed by atoms with E-state index in [4.69, 9.17) is 18.9 Å². The largest absolute Gasteiger partial charge is 0.385 e. The van der Waals surface area contributed by atoms with E-state index in [-0.39, 0.29) is 5.92 Å². The summed E-state index contributed by atoms with van der Waals surface area (Å²) in [7, 11) is 6.69. The van der Waals surface area contributed by atoms with Gasteiger partial charge in [-0.25, -0.2) is 0 Å². The second-order valence-corrected chi connectivity index (χ2v) is 6.44. The van der Waals surface area contributed by atoms with Crippen LogP contribution in [0.1, 0.15) is 64.7 Å². The van der Waals surface area contributed by atoms with Gasteiger partial charge in [-0.2, -0.15) is 12.6 Å². The van der Waals surface area contributed by atoms with E-state index in [9.17, 15) is 0 Å². The molecule has 152 valence electrons. The topological polar surface area (TPSA) is 36.9 Å². The van der Waals surface area contributed by atoms with Crippen molar-refractivity contribution in [2.45, 2.75) is 70.7 Å². The first-order chi connectivity index (χ1) is 12.1. The van der Waals surface area contributed by atoms with Gasteiger partial charge in [-0.1, -0.05) is 51.5 Å². The van der Waals surface area contributed by atoms with Crippen LogP contribution < -0.4 is 0 Å². The molecule has 0 bridgehead atoms. The number of methoxy groups -OCH3 is 4. The van der Waals surface area contributed by atoms with E-state index in [1.807, 2.05) is 0 Å². The quantitative estimate of drug-likeness (QED) is 0.167. The van der Waals surface area contributed by atoms with Crippen LogP contribution >= 0.6 is 12.6 Å². The van der Waals surface area contributed by atoms with Gasteiger partial charge in [0.05, 0.1) is 0 Å². The molecule has 5 heteroatoms. The Morgan fingerprint density at radius 2 is 1.36 bits per heavy atom. The van der Waals surface area contributed by atoms with Crippen LogP contribution in [0.25, 0.3) is 0 Å². The zero-order valence-corrected chi connectivity index (χ0v) is 18.1. The van der Waals surface area contributed by atoms with Crippen LogP contribution in [-0.4, -0.2) is 46.8 Å². The third-order valence-electron chi connectivity index (χ3n) is 4.29. The Hall–Kier alpha value is -0.0700. The van der Waals surface area contributed by atoms with Gasteiger partial charge < -0.3 is 18.9 Å². The summed E-state index contributed by atoms with van der Waals surface area (Å²) in [6, 6.07) is 0. The maximum atomic E-state index is 5.54. The minimum absolute atomic E-state index is 0.235. The fraction of sp³-hybridized carbons (Fsp3) is 0.900. The molecule has 0 aliphatic carbocycles. The molecule has 0 saturated heterocycles. The van der Waals surface area contributed by atoms with Crippen molar-refractivity contribution in [2.75, 3.05) is 40.8 Å². The molecule has 0 N–H and O–H groups in total. The number of unbranched alkanes of at least 4 members (excludes halogenated alkanes) is 5. The second-order valence-electron chi connectivity index (χ2n) is 6.08. The van der Waals surface area contributed by atoms with Crippen molar-refractivity contribution in [1.82, 2.24) is 0 Å². The third kappa shape index (κ3) is 13.8. The summed E-state index contributed by atoms with van der Waals surface area (Å²) >= 11 is 3.80. The number of hydrogen-bond donors (Lipinski definition) is 1. The maximum absolute atomic E-state index is 5.54.